The minimum Gasteiger partial charge on any atom is -0.381 e. The van der Waals surface area contributed by atoms with Crippen molar-refractivity contribution < 1.29 is 4.74 Å². The Bertz CT molecular complexity index is 370. The summed E-state index contributed by atoms with van der Waals surface area (Å²) in [6.07, 6.45) is 2.40. The molecule has 0 aliphatic carbocycles. The van der Waals surface area contributed by atoms with E-state index in [0.717, 1.165) is 25.7 Å². The molecule has 0 saturated carbocycles. The summed E-state index contributed by atoms with van der Waals surface area (Å²) in [5.74, 6) is 2.03. The molecule has 2 rings (SSSR count). The molecule has 1 heterocycles. The standard InChI is InChI=1S/C18H29NO/c1-14(2)18(17-7-5-4-6-8-17)13-19-15(3)16-9-11-20-12-10-16/h4-8,14-16,18-19H,9-13H2,1-3H3. The van der Waals surface area contributed by atoms with E-state index in [9.17, 15) is 0 Å². The van der Waals surface area contributed by atoms with Crippen LogP contribution < -0.4 is 5.32 Å². The highest BCUT2D eigenvalue weighted by atomic mass is 16.5. The van der Waals surface area contributed by atoms with Crippen molar-refractivity contribution in [2.75, 3.05) is 19.8 Å². The molecule has 1 aliphatic rings. The zero-order chi connectivity index (χ0) is 14.4. The molecule has 2 unspecified atom stereocenters. The lowest BCUT2D eigenvalue weighted by Gasteiger charge is -2.31. The quantitative estimate of drug-likeness (QED) is 0.852. The third-order valence-corrected chi connectivity index (χ3v) is 4.67. The van der Waals surface area contributed by atoms with E-state index in [0.29, 0.717) is 17.9 Å². The van der Waals surface area contributed by atoms with Gasteiger partial charge in [-0.2, -0.15) is 0 Å². The number of hydrogen-bond donors (Lipinski definition) is 1. The molecule has 0 radical (unpaired) electrons. The molecule has 112 valence electrons. The largest absolute Gasteiger partial charge is 0.381 e. The fourth-order valence-corrected chi connectivity index (χ4v) is 3.13. The summed E-state index contributed by atoms with van der Waals surface area (Å²) in [5.41, 5.74) is 1.45. The topological polar surface area (TPSA) is 21.3 Å². The molecule has 1 saturated heterocycles. The molecule has 2 heteroatoms. The fraction of sp³-hybridized carbons (Fsp3) is 0.667. The van der Waals surface area contributed by atoms with Gasteiger partial charge in [-0.15, -0.1) is 0 Å². The van der Waals surface area contributed by atoms with Crippen molar-refractivity contribution in [2.45, 2.75) is 45.6 Å². The molecule has 0 spiro atoms. The van der Waals surface area contributed by atoms with E-state index in [4.69, 9.17) is 4.74 Å². The van der Waals surface area contributed by atoms with Crippen LogP contribution in [0, 0.1) is 11.8 Å². The second kappa shape index (κ2) is 7.80. The Morgan fingerprint density at radius 1 is 1.10 bits per heavy atom. The molecule has 0 bridgehead atoms. The van der Waals surface area contributed by atoms with E-state index >= 15 is 0 Å². The third-order valence-electron chi connectivity index (χ3n) is 4.67. The van der Waals surface area contributed by atoms with Crippen LogP contribution in [0.3, 0.4) is 0 Å². The highest BCUT2D eigenvalue weighted by Gasteiger charge is 2.22. The second-order valence-corrected chi connectivity index (χ2v) is 6.41. The van der Waals surface area contributed by atoms with Crippen molar-refractivity contribution >= 4 is 0 Å². The Labute approximate surface area is 123 Å². The van der Waals surface area contributed by atoms with Gasteiger partial charge < -0.3 is 10.1 Å². The van der Waals surface area contributed by atoms with Crippen molar-refractivity contribution in [3.05, 3.63) is 35.9 Å². The van der Waals surface area contributed by atoms with E-state index in [2.05, 4.69) is 56.4 Å². The highest BCUT2D eigenvalue weighted by molar-refractivity contribution is 5.20. The predicted molar refractivity (Wildman–Crippen MR) is 85.0 cm³/mol. The number of nitrogens with one attached hydrogen (secondary N) is 1. The normalized spacial score (nSPS) is 20.0. The molecule has 1 aliphatic heterocycles. The summed E-state index contributed by atoms with van der Waals surface area (Å²) in [6, 6.07) is 11.5. The van der Waals surface area contributed by atoms with Gasteiger partial charge in [-0.05, 0) is 43.1 Å². The third kappa shape index (κ3) is 4.32. The van der Waals surface area contributed by atoms with Crippen LogP contribution in [0.2, 0.25) is 0 Å². The monoisotopic (exact) mass is 275 g/mol. The predicted octanol–water partition coefficient (Wildman–Crippen LogP) is 3.83. The molecule has 2 nitrogen and oxygen atoms in total. The summed E-state index contributed by atoms with van der Waals surface area (Å²) in [7, 11) is 0. The first-order valence-electron chi connectivity index (χ1n) is 8.04. The fourth-order valence-electron chi connectivity index (χ4n) is 3.13. The Balaban J connectivity index is 1.89. The zero-order valence-electron chi connectivity index (χ0n) is 13.1. The van der Waals surface area contributed by atoms with Gasteiger partial charge in [0, 0.05) is 25.8 Å². The van der Waals surface area contributed by atoms with E-state index in [-0.39, 0.29) is 0 Å². The Kier molecular flexibility index (Phi) is 6.06. The molecule has 0 aromatic heterocycles. The molecule has 1 aromatic carbocycles. The van der Waals surface area contributed by atoms with E-state index in [1.807, 2.05) is 0 Å². The van der Waals surface area contributed by atoms with Gasteiger partial charge in [0.05, 0.1) is 0 Å². The van der Waals surface area contributed by atoms with Crippen LogP contribution >= 0.6 is 0 Å². The van der Waals surface area contributed by atoms with Crippen LogP contribution in [0.1, 0.15) is 45.1 Å². The highest BCUT2D eigenvalue weighted by Crippen LogP contribution is 2.25. The SMILES string of the molecule is CC(C)C(CNC(C)C1CCOCC1)c1ccccc1. The smallest absolute Gasteiger partial charge is 0.0469 e. The van der Waals surface area contributed by atoms with Gasteiger partial charge >= 0.3 is 0 Å². The van der Waals surface area contributed by atoms with Crippen LogP contribution in [0.15, 0.2) is 30.3 Å². The van der Waals surface area contributed by atoms with E-state index in [1.54, 1.807) is 0 Å². The number of benzene rings is 1. The molecule has 1 N–H and O–H groups in total. The molecular formula is C18H29NO. The first-order valence-corrected chi connectivity index (χ1v) is 8.04. The summed E-state index contributed by atoms with van der Waals surface area (Å²) in [6.45, 7) is 9.90. The van der Waals surface area contributed by atoms with Gasteiger partial charge in [0.15, 0.2) is 0 Å². The first-order chi connectivity index (χ1) is 9.68. The van der Waals surface area contributed by atoms with E-state index in [1.165, 1.54) is 18.4 Å². The maximum absolute atomic E-state index is 5.46. The Hall–Kier alpha value is -0.860. The maximum atomic E-state index is 5.46. The van der Waals surface area contributed by atoms with Gasteiger partial charge in [-0.3, -0.25) is 0 Å². The average molecular weight is 275 g/mol. The van der Waals surface area contributed by atoms with Gasteiger partial charge in [-0.25, -0.2) is 0 Å². The molecule has 20 heavy (non-hydrogen) atoms. The van der Waals surface area contributed by atoms with Gasteiger partial charge in [0.1, 0.15) is 0 Å². The van der Waals surface area contributed by atoms with Crippen molar-refractivity contribution in [1.82, 2.24) is 5.32 Å². The van der Waals surface area contributed by atoms with Crippen molar-refractivity contribution in [2.24, 2.45) is 11.8 Å². The molecule has 2 atom stereocenters. The van der Waals surface area contributed by atoms with Crippen molar-refractivity contribution in [1.29, 1.82) is 0 Å². The van der Waals surface area contributed by atoms with Crippen LogP contribution in [0.4, 0.5) is 0 Å². The molecule has 1 aromatic rings. The lowest BCUT2D eigenvalue weighted by molar-refractivity contribution is 0.0556. The number of ether oxygens (including phenoxy) is 1. The number of rotatable bonds is 6. The van der Waals surface area contributed by atoms with Crippen molar-refractivity contribution in [3.8, 4) is 0 Å². The maximum Gasteiger partial charge on any atom is 0.0469 e. The van der Waals surface area contributed by atoms with Crippen LogP contribution in [0.5, 0.6) is 0 Å². The second-order valence-electron chi connectivity index (χ2n) is 6.41. The minimum atomic E-state index is 0.587. The minimum absolute atomic E-state index is 0.587. The first kappa shape index (κ1) is 15.5. The number of hydrogen-bond acceptors (Lipinski definition) is 2. The van der Waals surface area contributed by atoms with Crippen LogP contribution in [-0.4, -0.2) is 25.8 Å². The molecular weight excluding hydrogens is 246 g/mol. The Morgan fingerprint density at radius 3 is 2.35 bits per heavy atom. The lowest BCUT2D eigenvalue weighted by Crippen LogP contribution is -2.39. The van der Waals surface area contributed by atoms with Crippen molar-refractivity contribution in [3.63, 3.8) is 0 Å². The molecule has 1 fully saturated rings. The lowest BCUT2D eigenvalue weighted by atomic mass is 9.87. The molecule has 0 amide bonds. The summed E-state index contributed by atoms with van der Waals surface area (Å²) in [5, 5.41) is 3.78. The van der Waals surface area contributed by atoms with Crippen LogP contribution in [0.25, 0.3) is 0 Å². The average Bonchev–Trinajstić information content (AvgIpc) is 2.49. The summed E-state index contributed by atoms with van der Waals surface area (Å²) >= 11 is 0. The summed E-state index contributed by atoms with van der Waals surface area (Å²) < 4.78 is 5.46. The van der Waals surface area contributed by atoms with Crippen LogP contribution in [-0.2, 0) is 4.74 Å². The van der Waals surface area contributed by atoms with Gasteiger partial charge in [-0.1, -0.05) is 44.2 Å². The van der Waals surface area contributed by atoms with Gasteiger partial charge in [0.2, 0.25) is 0 Å². The summed E-state index contributed by atoms with van der Waals surface area (Å²) in [4.78, 5) is 0. The van der Waals surface area contributed by atoms with E-state index < -0.39 is 0 Å². The zero-order valence-corrected chi connectivity index (χ0v) is 13.1. The Morgan fingerprint density at radius 2 is 1.75 bits per heavy atom. The van der Waals surface area contributed by atoms with Gasteiger partial charge in [0.25, 0.3) is 0 Å².